The second-order valence-corrected chi connectivity index (χ2v) is 12.4. The number of hydrogen-bond acceptors (Lipinski definition) is 12. The summed E-state index contributed by atoms with van der Waals surface area (Å²) < 4.78 is 5.07. The maximum atomic E-state index is 14.0. The molecule has 0 heterocycles. The van der Waals surface area contributed by atoms with E-state index in [1.54, 1.807) is 27.7 Å². The Kier molecular flexibility index (Phi) is 8.04. The molecule has 1 aromatic rings. The van der Waals surface area contributed by atoms with Crippen molar-refractivity contribution in [2.75, 3.05) is 26.0 Å². The van der Waals surface area contributed by atoms with Crippen LogP contribution in [0.15, 0.2) is 29.0 Å². The van der Waals surface area contributed by atoms with Gasteiger partial charge in [-0.2, -0.15) is 0 Å². The molecular formula is C29H36N4O11. The fourth-order valence-electron chi connectivity index (χ4n) is 6.38. The number of hydrogen-bond donors (Lipinski definition) is 8. The fraction of sp³-hybridized carbons (Fsp3) is 0.483. The van der Waals surface area contributed by atoms with Crippen LogP contribution in [0.3, 0.4) is 0 Å². The van der Waals surface area contributed by atoms with E-state index in [2.05, 4.69) is 10.6 Å². The minimum atomic E-state index is -3.04. The average molecular weight is 617 g/mol. The van der Waals surface area contributed by atoms with Crippen molar-refractivity contribution in [3.63, 3.8) is 0 Å². The Labute approximate surface area is 252 Å². The molecule has 0 radical (unpaired) electrons. The minimum absolute atomic E-state index is 0.201. The van der Waals surface area contributed by atoms with Gasteiger partial charge in [-0.05, 0) is 52.4 Å². The molecule has 6 unspecified atom stereocenters. The number of carbonyl (C=O) groups is 5. The minimum Gasteiger partial charge on any atom is -0.508 e. The Morgan fingerprint density at radius 2 is 1.73 bits per heavy atom. The summed E-state index contributed by atoms with van der Waals surface area (Å²) in [5.41, 5.74) is -0.343. The summed E-state index contributed by atoms with van der Waals surface area (Å²) in [6.45, 7) is 5.97. The summed E-state index contributed by atoms with van der Waals surface area (Å²) >= 11 is 0. The number of nitrogens with two attached hydrogens (primary N) is 1. The number of phenolic OH excluding ortho intramolecular Hbond substituents is 1. The molecule has 1 aromatic carbocycles. The molecule has 238 valence electrons. The number of phenols is 1. The Morgan fingerprint density at radius 1 is 1.11 bits per heavy atom. The monoisotopic (exact) mass is 616 g/mol. The molecule has 44 heavy (non-hydrogen) atoms. The molecule has 0 aliphatic heterocycles. The topological polar surface area (TPSA) is 249 Å². The van der Waals surface area contributed by atoms with Crippen LogP contribution in [0, 0.1) is 11.8 Å². The summed E-state index contributed by atoms with van der Waals surface area (Å²) in [6, 6.07) is 1.30. The Bertz CT molecular complexity index is 1540. The highest BCUT2D eigenvalue weighted by atomic mass is 16.6. The molecule has 3 aliphatic rings. The van der Waals surface area contributed by atoms with Gasteiger partial charge < -0.3 is 46.6 Å². The smallest absolute Gasteiger partial charge is 0.408 e. The first-order chi connectivity index (χ1) is 20.2. The number of amides is 3. The van der Waals surface area contributed by atoms with E-state index in [1.807, 2.05) is 0 Å². The lowest BCUT2D eigenvalue weighted by atomic mass is 9.54. The molecule has 3 aliphatic carbocycles. The normalized spacial score (nSPS) is 28.2. The van der Waals surface area contributed by atoms with Crippen LogP contribution in [0.2, 0.25) is 0 Å². The number of nitrogens with zero attached hydrogens (tertiary/aromatic N) is 1. The van der Waals surface area contributed by atoms with Crippen LogP contribution in [-0.4, -0.2) is 104 Å². The first-order valence-electron chi connectivity index (χ1n) is 13.7. The van der Waals surface area contributed by atoms with Gasteiger partial charge in [0.1, 0.15) is 35.0 Å². The predicted molar refractivity (Wildman–Crippen MR) is 153 cm³/mol. The lowest BCUT2D eigenvalue weighted by Gasteiger charge is -2.53. The molecular weight excluding hydrogens is 580 g/mol. The summed E-state index contributed by atoms with van der Waals surface area (Å²) in [5.74, 6) is -11.1. The third-order valence-corrected chi connectivity index (χ3v) is 8.20. The van der Waals surface area contributed by atoms with Gasteiger partial charge in [0.15, 0.2) is 11.4 Å². The SMILES string of the molecule is CC1c2ccc(NC(=O)CNC(=O)OC(C)(C)C)c(O)c2C(O)=C2C(=O)C3(O)C(O)=C(C(N)=O)C(=O)C(N(C)C)C3C(O)C21. The number of aliphatic hydroxyl groups is 4. The van der Waals surface area contributed by atoms with Gasteiger partial charge in [-0.3, -0.25) is 24.1 Å². The number of anilines is 1. The van der Waals surface area contributed by atoms with E-state index >= 15 is 0 Å². The van der Waals surface area contributed by atoms with E-state index in [0.29, 0.717) is 0 Å². The predicted octanol–water partition coefficient (Wildman–Crippen LogP) is -0.0410. The Morgan fingerprint density at radius 3 is 2.27 bits per heavy atom. The van der Waals surface area contributed by atoms with Crippen molar-refractivity contribution in [1.82, 2.24) is 10.2 Å². The molecule has 0 bridgehead atoms. The van der Waals surface area contributed by atoms with Crippen LogP contribution in [-0.2, 0) is 23.9 Å². The van der Waals surface area contributed by atoms with Crippen LogP contribution in [0.1, 0.15) is 44.7 Å². The zero-order valence-electron chi connectivity index (χ0n) is 25.0. The van der Waals surface area contributed by atoms with Crippen LogP contribution < -0.4 is 16.4 Å². The maximum Gasteiger partial charge on any atom is 0.408 e. The molecule has 6 atom stereocenters. The van der Waals surface area contributed by atoms with E-state index in [4.69, 9.17) is 10.5 Å². The zero-order valence-corrected chi connectivity index (χ0v) is 25.0. The highest BCUT2D eigenvalue weighted by Crippen LogP contribution is 2.56. The van der Waals surface area contributed by atoms with Gasteiger partial charge in [-0.25, -0.2) is 4.79 Å². The van der Waals surface area contributed by atoms with Gasteiger partial charge in [-0.15, -0.1) is 0 Å². The van der Waals surface area contributed by atoms with Crippen molar-refractivity contribution < 1.29 is 54.2 Å². The van der Waals surface area contributed by atoms with Crippen LogP contribution >= 0.6 is 0 Å². The number of primary amides is 1. The number of carbonyl (C=O) groups excluding carboxylic acids is 5. The van der Waals surface area contributed by atoms with Crippen molar-refractivity contribution in [2.45, 2.75) is 57.0 Å². The standard InChI is InChI=1S/C29H36N4O11/c1-10-11-7-8-12(32-13(34)9-31-27(42)44-28(2,3)4)20(35)15(11)21(36)16-14(10)22(37)18-19(33(5)6)23(38)17(26(30)41)25(40)29(18,43)24(16)39/h7-8,10,14,18-19,22,35-37,40,43H,9H2,1-6H3,(H2,30,41)(H,31,42)(H,32,34). The molecule has 0 saturated heterocycles. The number of fused-ring (bicyclic) bond motifs is 3. The van der Waals surface area contributed by atoms with Crippen LogP contribution in [0.4, 0.5) is 10.5 Å². The van der Waals surface area contributed by atoms with Crippen LogP contribution in [0.25, 0.3) is 5.76 Å². The Balaban J connectivity index is 1.78. The van der Waals surface area contributed by atoms with E-state index in [9.17, 15) is 49.5 Å². The number of rotatable bonds is 5. The summed E-state index contributed by atoms with van der Waals surface area (Å²) in [7, 11) is 2.83. The van der Waals surface area contributed by atoms with E-state index < -0.39 is 106 Å². The van der Waals surface area contributed by atoms with Gasteiger partial charge in [0.25, 0.3) is 5.91 Å². The molecule has 4 rings (SSSR count). The number of alkyl carbamates (subject to hydrolysis) is 1. The fourth-order valence-corrected chi connectivity index (χ4v) is 6.38. The second kappa shape index (κ2) is 10.9. The molecule has 3 amide bonds. The first kappa shape index (κ1) is 32.4. The number of likely N-dealkylation sites (N-methyl/N-ethyl adjacent to an activating group) is 1. The highest BCUT2D eigenvalue weighted by molar-refractivity contribution is 6.24. The molecule has 1 fully saturated rings. The third kappa shape index (κ3) is 4.96. The van der Waals surface area contributed by atoms with E-state index in [1.165, 1.54) is 31.1 Å². The third-order valence-electron chi connectivity index (χ3n) is 8.20. The number of aliphatic hydroxyl groups excluding tert-OH is 3. The van der Waals surface area contributed by atoms with Gasteiger partial charge in [0.05, 0.1) is 29.3 Å². The van der Waals surface area contributed by atoms with Gasteiger partial charge >= 0.3 is 6.09 Å². The molecule has 15 nitrogen and oxygen atoms in total. The summed E-state index contributed by atoms with van der Waals surface area (Å²) in [6.07, 6.45) is -2.58. The highest BCUT2D eigenvalue weighted by Gasteiger charge is 2.68. The first-order valence-corrected chi connectivity index (χ1v) is 13.7. The van der Waals surface area contributed by atoms with Crippen molar-refractivity contribution in [1.29, 1.82) is 0 Å². The quantitative estimate of drug-likeness (QED) is 0.160. The Hall–Kier alpha value is -4.47. The van der Waals surface area contributed by atoms with Crippen LogP contribution in [0.5, 0.6) is 5.75 Å². The number of Topliss-reactive ketones (excluding diaryl/α,β-unsaturated/α-hetero) is 2. The molecule has 9 N–H and O–H groups in total. The second-order valence-electron chi connectivity index (χ2n) is 12.4. The van der Waals surface area contributed by atoms with Crippen molar-refractivity contribution in [3.05, 3.63) is 40.2 Å². The summed E-state index contributed by atoms with van der Waals surface area (Å²) in [4.78, 5) is 65.1. The molecule has 0 aromatic heterocycles. The average Bonchev–Trinajstić information content (AvgIpc) is 2.89. The van der Waals surface area contributed by atoms with E-state index in [0.717, 1.165) is 0 Å². The largest absolute Gasteiger partial charge is 0.508 e. The van der Waals surface area contributed by atoms with Gasteiger partial charge in [-0.1, -0.05) is 13.0 Å². The van der Waals surface area contributed by atoms with E-state index in [-0.39, 0.29) is 16.8 Å². The molecule has 15 heteroatoms. The van der Waals surface area contributed by atoms with Crippen molar-refractivity contribution in [3.8, 4) is 5.75 Å². The lowest BCUT2D eigenvalue weighted by molar-refractivity contribution is -0.169. The van der Waals surface area contributed by atoms with Crippen molar-refractivity contribution >= 4 is 40.9 Å². The number of aromatic hydroxyl groups is 1. The van der Waals surface area contributed by atoms with Gasteiger partial charge in [0.2, 0.25) is 11.7 Å². The number of ketones is 2. The lowest BCUT2D eigenvalue weighted by Crippen LogP contribution is -2.70. The zero-order chi connectivity index (χ0) is 33.2. The number of ether oxygens (including phenoxy) is 1. The molecule has 0 spiro atoms. The van der Waals surface area contributed by atoms with Gasteiger partial charge in [0, 0.05) is 11.5 Å². The summed E-state index contributed by atoms with van der Waals surface area (Å²) in [5, 5.41) is 61.5. The van der Waals surface area contributed by atoms with Crippen molar-refractivity contribution in [2.24, 2.45) is 17.6 Å². The maximum absolute atomic E-state index is 14.0. The number of nitrogens with one attached hydrogen (secondary N) is 2. The molecule has 1 saturated carbocycles. The number of benzene rings is 1.